The smallest absolute Gasteiger partial charge is 0.338 e. The fourth-order valence-electron chi connectivity index (χ4n) is 4.40. The number of ether oxygens (including phenoxy) is 1. The molecule has 0 spiro atoms. The number of allylic oxidation sites excluding steroid dienone is 1. The Kier molecular flexibility index (Phi) is 8.03. The lowest BCUT2D eigenvalue weighted by Crippen LogP contribution is -2.48. The molecule has 1 unspecified atom stereocenters. The van der Waals surface area contributed by atoms with Gasteiger partial charge in [0.2, 0.25) is 0 Å². The van der Waals surface area contributed by atoms with Crippen LogP contribution in [-0.4, -0.2) is 36.0 Å². The number of amides is 3. The summed E-state index contributed by atoms with van der Waals surface area (Å²) in [5.41, 5.74) is 4.99. The molecule has 4 rings (SSSR count). The van der Waals surface area contributed by atoms with Gasteiger partial charge in [-0.3, -0.25) is 9.69 Å². The molecule has 0 saturated heterocycles. The first-order chi connectivity index (χ1) is 17.9. The summed E-state index contributed by atoms with van der Waals surface area (Å²) in [5, 5.41) is 5.84. The zero-order valence-electron chi connectivity index (χ0n) is 21.3. The second kappa shape index (κ2) is 11.6. The van der Waals surface area contributed by atoms with Gasteiger partial charge >= 0.3 is 12.0 Å². The molecular formula is C30H31N3O4. The molecule has 1 aliphatic rings. The maximum Gasteiger partial charge on any atom is 0.338 e. The van der Waals surface area contributed by atoms with E-state index < -0.39 is 12.0 Å². The molecule has 0 fully saturated rings. The summed E-state index contributed by atoms with van der Waals surface area (Å²) in [7, 11) is 0. The highest BCUT2D eigenvalue weighted by molar-refractivity contribution is 6.04. The SMILES string of the molecule is CCCN1C(=O)NC(c2ccc(NC(=O)c3ccc(-c4ccccc4)cc3)cc2)C(C(=O)OCC)=C1C. The van der Waals surface area contributed by atoms with Crippen molar-refractivity contribution in [2.24, 2.45) is 0 Å². The fourth-order valence-corrected chi connectivity index (χ4v) is 4.40. The van der Waals surface area contributed by atoms with E-state index >= 15 is 0 Å². The van der Waals surface area contributed by atoms with E-state index in [-0.39, 0.29) is 18.5 Å². The van der Waals surface area contributed by atoms with Crippen LogP contribution in [-0.2, 0) is 9.53 Å². The maximum atomic E-state index is 12.8. The van der Waals surface area contributed by atoms with Crippen LogP contribution in [0.15, 0.2) is 90.1 Å². The standard InChI is InChI=1S/C30H31N3O4/c1-4-19-33-20(3)26(29(35)37-5-2)27(32-30(33)36)23-15-17-25(18-16-23)31-28(34)24-13-11-22(12-14-24)21-9-7-6-8-10-21/h6-18,27H,4-5,19H2,1-3H3,(H,31,34)(H,32,36). The quantitative estimate of drug-likeness (QED) is 0.378. The van der Waals surface area contributed by atoms with E-state index in [9.17, 15) is 14.4 Å². The number of rotatable bonds is 8. The van der Waals surface area contributed by atoms with Gasteiger partial charge in [-0.25, -0.2) is 9.59 Å². The lowest BCUT2D eigenvalue weighted by molar-refractivity contribution is -0.139. The Balaban J connectivity index is 1.51. The number of benzene rings is 3. The summed E-state index contributed by atoms with van der Waals surface area (Å²) < 4.78 is 5.30. The number of hydrogen-bond acceptors (Lipinski definition) is 4. The van der Waals surface area contributed by atoms with Gasteiger partial charge in [0.05, 0.1) is 18.2 Å². The molecule has 0 aromatic heterocycles. The van der Waals surface area contributed by atoms with Crippen LogP contribution in [0, 0.1) is 0 Å². The summed E-state index contributed by atoms with van der Waals surface area (Å²) >= 11 is 0. The lowest BCUT2D eigenvalue weighted by Gasteiger charge is -2.35. The first-order valence-electron chi connectivity index (χ1n) is 12.5. The zero-order chi connectivity index (χ0) is 26.4. The minimum absolute atomic E-state index is 0.225. The summed E-state index contributed by atoms with van der Waals surface area (Å²) in [4.78, 5) is 40.0. The van der Waals surface area contributed by atoms with Crippen molar-refractivity contribution in [3.05, 3.63) is 101 Å². The van der Waals surface area contributed by atoms with Gasteiger partial charge in [0.1, 0.15) is 0 Å². The summed E-state index contributed by atoms with van der Waals surface area (Å²) in [6, 6.07) is 23.6. The Labute approximate surface area is 217 Å². The highest BCUT2D eigenvalue weighted by Crippen LogP contribution is 2.32. The first-order valence-corrected chi connectivity index (χ1v) is 12.5. The van der Waals surface area contributed by atoms with Gasteiger partial charge in [-0.15, -0.1) is 0 Å². The van der Waals surface area contributed by atoms with E-state index in [0.717, 1.165) is 23.1 Å². The third kappa shape index (κ3) is 5.72. The van der Waals surface area contributed by atoms with Crippen molar-refractivity contribution in [3.63, 3.8) is 0 Å². The molecule has 0 aliphatic carbocycles. The minimum Gasteiger partial charge on any atom is -0.463 e. The third-order valence-corrected chi connectivity index (χ3v) is 6.29. The first kappa shape index (κ1) is 25.7. The third-order valence-electron chi connectivity index (χ3n) is 6.29. The Hall–Kier alpha value is -4.39. The van der Waals surface area contributed by atoms with Gasteiger partial charge in [-0.05, 0) is 61.2 Å². The van der Waals surface area contributed by atoms with Gasteiger partial charge in [0, 0.05) is 23.5 Å². The Morgan fingerprint density at radius 1 is 0.919 bits per heavy atom. The van der Waals surface area contributed by atoms with E-state index in [1.54, 1.807) is 55.1 Å². The van der Waals surface area contributed by atoms with Crippen molar-refractivity contribution in [2.75, 3.05) is 18.5 Å². The molecule has 1 heterocycles. The largest absolute Gasteiger partial charge is 0.463 e. The molecule has 190 valence electrons. The highest BCUT2D eigenvalue weighted by Gasteiger charge is 2.36. The molecule has 7 heteroatoms. The van der Waals surface area contributed by atoms with E-state index in [1.165, 1.54) is 0 Å². The van der Waals surface area contributed by atoms with Crippen LogP contribution in [0.5, 0.6) is 0 Å². The summed E-state index contributed by atoms with van der Waals surface area (Å²) in [5.74, 6) is -0.682. The van der Waals surface area contributed by atoms with Crippen molar-refractivity contribution in [2.45, 2.75) is 33.2 Å². The number of hydrogen-bond donors (Lipinski definition) is 2. The Morgan fingerprint density at radius 2 is 1.57 bits per heavy atom. The van der Waals surface area contributed by atoms with Gasteiger partial charge in [-0.1, -0.05) is 61.5 Å². The van der Waals surface area contributed by atoms with E-state index in [4.69, 9.17) is 4.74 Å². The average Bonchev–Trinajstić information content (AvgIpc) is 2.92. The van der Waals surface area contributed by atoms with Crippen LogP contribution >= 0.6 is 0 Å². The zero-order valence-corrected chi connectivity index (χ0v) is 21.3. The van der Waals surface area contributed by atoms with E-state index in [2.05, 4.69) is 10.6 Å². The molecule has 37 heavy (non-hydrogen) atoms. The monoisotopic (exact) mass is 497 g/mol. The molecule has 0 radical (unpaired) electrons. The summed E-state index contributed by atoms with van der Waals surface area (Å²) in [6.07, 6.45) is 0.759. The Morgan fingerprint density at radius 3 is 2.19 bits per heavy atom. The van der Waals surface area contributed by atoms with Crippen molar-refractivity contribution in [3.8, 4) is 11.1 Å². The topological polar surface area (TPSA) is 87.7 Å². The molecular weight excluding hydrogens is 466 g/mol. The van der Waals surface area contributed by atoms with Crippen LogP contribution in [0.2, 0.25) is 0 Å². The Bertz CT molecular complexity index is 1300. The number of anilines is 1. The van der Waals surface area contributed by atoms with Crippen molar-refractivity contribution >= 4 is 23.6 Å². The molecule has 1 atom stereocenters. The van der Waals surface area contributed by atoms with Crippen LogP contribution in [0.1, 0.15) is 49.2 Å². The number of carbonyl (C=O) groups excluding carboxylic acids is 3. The maximum absolute atomic E-state index is 12.8. The van der Waals surface area contributed by atoms with E-state index in [0.29, 0.717) is 29.1 Å². The molecule has 3 aromatic carbocycles. The normalized spacial score (nSPS) is 15.3. The molecule has 2 N–H and O–H groups in total. The van der Waals surface area contributed by atoms with Crippen molar-refractivity contribution in [1.82, 2.24) is 10.2 Å². The van der Waals surface area contributed by atoms with Gasteiger partial charge in [-0.2, -0.15) is 0 Å². The number of esters is 1. The molecule has 0 saturated carbocycles. The van der Waals surface area contributed by atoms with Crippen LogP contribution in [0.4, 0.5) is 10.5 Å². The second-order valence-electron chi connectivity index (χ2n) is 8.77. The molecule has 3 aromatic rings. The highest BCUT2D eigenvalue weighted by atomic mass is 16.5. The van der Waals surface area contributed by atoms with Gasteiger partial charge in [0.15, 0.2) is 0 Å². The number of nitrogens with zero attached hydrogens (tertiary/aromatic N) is 1. The molecule has 0 bridgehead atoms. The number of nitrogens with one attached hydrogen (secondary N) is 2. The van der Waals surface area contributed by atoms with Crippen molar-refractivity contribution < 1.29 is 19.1 Å². The average molecular weight is 498 g/mol. The molecule has 1 aliphatic heterocycles. The number of urea groups is 1. The van der Waals surface area contributed by atoms with Crippen LogP contribution < -0.4 is 10.6 Å². The minimum atomic E-state index is -0.644. The van der Waals surface area contributed by atoms with Crippen LogP contribution in [0.3, 0.4) is 0 Å². The van der Waals surface area contributed by atoms with Crippen molar-refractivity contribution in [1.29, 1.82) is 0 Å². The predicted octanol–water partition coefficient (Wildman–Crippen LogP) is 5.92. The second-order valence-corrected chi connectivity index (χ2v) is 8.77. The van der Waals surface area contributed by atoms with E-state index in [1.807, 2.05) is 49.4 Å². The fraction of sp³-hybridized carbons (Fsp3) is 0.233. The molecule has 3 amide bonds. The lowest BCUT2D eigenvalue weighted by atomic mass is 9.94. The van der Waals surface area contributed by atoms with Gasteiger partial charge < -0.3 is 15.4 Å². The van der Waals surface area contributed by atoms with Gasteiger partial charge in [0.25, 0.3) is 5.91 Å². The summed E-state index contributed by atoms with van der Waals surface area (Å²) in [6.45, 7) is 6.24. The molecule has 7 nitrogen and oxygen atoms in total. The number of carbonyl (C=O) groups is 3. The predicted molar refractivity (Wildman–Crippen MR) is 144 cm³/mol. The van der Waals surface area contributed by atoms with Crippen LogP contribution in [0.25, 0.3) is 11.1 Å².